The highest BCUT2D eigenvalue weighted by Gasteiger charge is 2.33. The van der Waals surface area contributed by atoms with Crippen molar-refractivity contribution in [2.75, 3.05) is 25.0 Å². The van der Waals surface area contributed by atoms with Gasteiger partial charge in [0.2, 0.25) is 15.9 Å². The van der Waals surface area contributed by atoms with E-state index in [1.807, 2.05) is 0 Å². The molecule has 1 aliphatic rings. The van der Waals surface area contributed by atoms with Crippen LogP contribution >= 0.6 is 23.2 Å². The Balaban J connectivity index is 1.70. The molecule has 10 heteroatoms. The SMILES string of the molecule is CCOC(=O)c1ccccc1NC(=O)C1CCCN(S(=O)(=O)Cc2ccc(Cl)c(Cl)c2)C1. The number of carbonyl (C=O) groups excluding carboxylic acids is 2. The molecule has 2 aromatic rings. The lowest BCUT2D eigenvalue weighted by atomic mass is 9.98. The van der Waals surface area contributed by atoms with E-state index < -0.39 is 21.9 Å². The van der Waals surface area contributed by atoms with Crippen LogP contribution in [-0.4, -0.2) is 44.3 Å². The van der Waals surface area contributed by atoms with E-state index in [1.54, 1.807) is 43.3 Å². The molecule has 1 saturated heterocycles. The molecule has 1 N–H and O–H groups in total. The molecule has 2 aromatic carbocycles. The summed E-state index contributed by atoms with van der Waals surface area (Å²) in [4.78, 5) is 25.0. The number of anilines is 1. The number of amides is 1. The van der Waals surface area contributed by atoms with Crippen molar-refractivity contribution in [1.29, 1.82) is 0 Å². The van der Waals surface area contributed by atoms with Crippen LogP contribution in [0.15, 0.2) is 42.5 Å². The number of carbonyl (C=O) groups is 2. The van der Waals surface area contributed by atoms with Gasteiger partial charge < -0.3 is 10.1 Å². The van der Waals surface area contributed by atoms with Crippen LogP contribution in [0.5, 0.6) is 0 Å². The summed E-state index contributed by atoms with van der Waals surface area (Å²) in [5, 5.41) is 3.40. The van der Waals surface area contributed by atoms with E-state index >= 15 is 0 Å². The van der Waals surface area contributed by atoms with Crippen molar-refractivity contribution in [3.63, 3.8) is 0 Å². The second-order valence-corrected chi connectivity index (χ2v) is 10.2. The molecule has 1 heterocycles. The molecule has 0 bridgehead atoms. The maximum atomic E-state index is 13.0. The Morgan fingerprint density at radius 1 is 1.16 bits per heavy atom. The number of halogens is 2. The molecule has 0 spiro atoms. The number of sulfonamides is 1. The van der Waals surface area contributed by atoms with Crippen LogP contribution in [0.3, 0.4) is 0 Å². The van der Waals surface area contributed by atoms with E-state index in [0.29, 0.717) is 35.7 Å². The summed E-state index contributed by atoms with van der Waals surface area (Å²) in [5.74, 6) is -1.64. The third-order valence-corrected chi connectivity index (χ3v) is 7.72. The number of benzene rings is 2. The van der Waals surface area contributed by atoms with E-state index in [2.05, 4.69) is 5.32 Å². The van der Waals surface area contributed by atoms with Crippen LogP contribution in [0, 0.1) is 5.92 Å². The Kier molecular flexibility index (Phi) is 8.16. The highest BCUT2D eigenvalue weighted by Crippen LogP contribution is 2.27. The standard InChI is InChI=1S/C22H24Cl2N2O5S/c1-2-31-22(28)17-7-3-4-8-20(17)25-21(27)16-6-5-11-26(13-16)32(29,30)14-15-9-10-18(23)19(24)12-15/h3-4,7-10,12,16H,2,5-6,11,13-14H2,1H3,(H,25,27). The number of nitrogens with one attached hydrogen (secondary N) is 1. The molecule has 172 valence electrons. The molecule has 1 atom stereocenters. The monoisotopic (exact) mass is 498 g/mol. The van der Waals surface area contributed by atoms with Gasteiger partial charge >= 0.3 is 5.97 Å². The summed E-state index contributed by atoms with van der Waals surface area (Å²) >= 11 is 11.9. The van der Waals surface area contributed by atoms with Gasteiger partial charge in [0.15, 0.2) is 0 Å². The van der Waals surface area contributed by atoms with Gasteiger partial charge in [0.1, 0.15) is 0 Å². The number of ether oxygens (including phenoxy) is 1. The predicted molar refractivity (Wildman–Crippen MR) is 124 cm³/mol. The van der Waals surface area contributed by atoms with Crippen molar-refractivity contribution in [1.82, 2.24) is 4.31 Å². The summed E-state index contributed by atoms with van der Waals surface area (Å²) in [6.45, 7) is 2.33. The number of esters is 1. The number of para-hydroxylation sites is 1. The highest BCUT2D eigenvalue weighted by molar-refractivity contribution is 7.88. The summed E-state index contributed by atoms with van der Waals surface area (Å²) in [6.07, 6.45) is 1.10. The predicted octanol–water partition coefficient (Wildman–Crippen LogP) is 4.35. The maximum absolute atomic E-state index is 13.0. The first kappa shape index (κ1) is 24.5. The summed E-state index contributed by atoms with van der Waals surface area (Å²) in [6, 6.07) is 11.3. The van der Waals surface area contributed by atoms with Crippen LogP contribution in [0.2, 0.25) is 10.0 Å². The molecule has 0 radical (unpaired) electrons. The lowest BCUT2D eigenvalue weighted by Gasteiger charge is -2.31. The summed E-state index contributed by atoms with van der Waals surface area (Å²) in [5.41, 5.74) is 1.11. The van der Waals surface area contributed by atoms with Crippen molar-refractivity contribution in [3.05, 3.63) is 63.6 Å². The first-order valence-electron chi connectivity index (χ1n) is 10.2. The lowest BCUT2D eigenvalue weighted by Crippen LogP contribution is -2.44. The molecular weight excluding hydrogens is 475 g/mol. The average Bonchev–Trinajstić information content (AvgIpc) is 2.77. The van der Waals surface area contributed by atoms with Crippen molar-refractivity contribution in [2.45, 2.75) is 25.5 Å². The van der Waals surface area contributed by atoms with Gasteiger partial charge in [-0.25, -0.2) is 17.5 Å². The lowest BCUT2D eigenvalue weighted by molar-refractivity contribution is -0.120. The Hall–Kier alpha value is -2.13. The Labute approximate surface area is 197 Å². The largest absolute Gasteiger partial charge is 0.462 e. The van der Waals surface area contributed by atoms with E-state index in [0.717, 1.165) is 0 Å². The number of piperidine rings is 1. The van der Waals surface area contributed by atoms with Crippen molar-refractivity contribution in [2.24, 2.45) is 5.92 Å². The molecule has 1 unspecified atom stereocenters. The van der Waals surface area contributed by atoms with Gasteiger partial charge in [-0.15, -0.1) is 0 Å². The Morgan fingerprint density at radius 2 is 1.91 bits per heavy atom. The fourth-order valence-electron chi connectivity index (χ4n) is 3.55. The number of nitrogens with zero attached hydrogens (tertiary/aromatic N) is 1. The molecule has 1 amide bonds. The van der Waals surface area contributed by atoms with Gasteiger partial charge in [-0.1, -0.05) is 41.4 Å². The van der Waals surface area contributed by atoms with Crippen molar-refractivity contribution < 1.29 is 22.7 Å². The van der Waals surface area contributed by atoms with Crippen LogP contribution in [0.1, 0.15) is 35.7 Å². The first-order chi connectivity index (χ1) is 15.2. The normalized spacial score (nSPS) is 17.0. The molecule has 0 aliphatic carbocycles. The third-order valence-electron chi connectivity index (χ3n) is 5.16. The first-order valence-corrected chi connectivity index (χ1v) is 12.6. The summed E-state index contributed by atoms with van der Waals surface area (Å²) < 4.78 is 32.3. The van der Waals surface area contributed by atoms with Crippen LogP contribution in [0.25, 0.3) is 0 Å². The molecule has 32 heavy (non-hydrogen) atoms. The maximum Gasteiger partial charge on any atom is 0.340 e. The van der Waals surface area contributed by atoms with Crippen molar-refractivity contribution in [3.8, 4) is 0 Å². The van der Waals surface area contributed by atoms with Gasteiger partial charge in [0.05, 0.1) is 39.6 Å². The minimum atomic E-state index is -3.66. The highest BCUT2D eigenvalue weighted by atomic mass is 35.5. The number of rotatable bonds is 7. The van der Waals surface area contributed by atoms with Gasteiger partial charge in [0.25, 0.3) is 0 Å². The molecule has 3 rings (SSSR count). The minimum absolute atomic E-state index is 0.0665. The van der Waals surface area contributed by atoms with E-state index in [9.17, 15) is 18.0 Å². The van der Waals surface area contributed by atoms with Gasteiger partial charge in [0, 0.05) is 13.1 Å². The van der Waals surface area contributed by atoms with Gasteiger partial charge in [-0.05, 0) is 49.6 Å². The fourth-order valence-corrected chi connectivity index (χ4v) is 5.47. The zero-order valence-corrected chi connectivity index (χ0v) is 19.8. The molecule has 0 saturated carbocycles. The minimum Gasteiger partial charge on any atom is -0.462 e. The van der Waals surface area contributed by atoms with E-state index in [-0.39, 0.29) is 35.4 Å². The molecule has 1 fully saturated rings. The second kappa shape index (κ2) is 10.7. The molecule has 1 aliphatic heterocycles. The van der Waals surface area contributed by atoms with Gasteiger partial charge in [-0.3, -0.25) is 4.79 Å². The summed E-state index contributed by atoms with van der Waals surface area (Å²) in [7, 11) is -3.66. The quantitative estimate of drug-likeness (QED) is 0.572. The smallest absolute Gasteiger partial charge is 0.340 e. The van der Waals surface area contributed by atoms with Crippen LogP contribution in [0.4, 0.5) is 5.69 Å². The Morgan fingerprint density at radius 3 is 2.62 bits per heavy atom. The third kappa shape index (κ3) is 6.01. The van der Waals surface area contributed by atoms with E-state index in [4.69, 9.17) is 27.9 Å². The molecular formula is C22H24Cl2N2O5S. The Bertz CT molecular complexity index is 1110. The van der Waals surface area contributed by atoms with Crippen molar-refractivity contribution >= 4 is 50.8 Å². The average molecular weight is 499 g/mol. The van der Waals surface area contributed by atoms with E-state index in [1.165, 1.54) is 10.4 Å². The van der Waals surface area contributed by atoms with Crippen LogP contribution < -0.4 is 5.32 Å². The van der Waals surface area contributed by atoms with Gasteiger partial charge in [-0.2, -0.15) is 0 Å². The number of hydrogen-bond donors (Lipinski definition) is 1. The second-order valence-electron chi connectivity index (χ2n) is 7.46. The van der Waals surface area contributed by atoms with Crippen LogP contribution in [-0.2, 0) is 25.3 Å². The topological polar surface area (TPSA) is 92.8 Å². The molecule has 7 nitrogen and oxygen atoms in total. The zero-order valence-electron chi connectivity index (χ0n) is 17.5. The zero-order chi connectivity index (χ0) is 23.3. The molecule has 0 aromatic heterocycles. The number of hydrogen-bond acceptors (Lipinski definition) is 5. The fraction of sp³-hybridized carbons (Fsp3) is 0.364.